The molecule has 5 N–H and O–H groups in total. The number of halogens is 1. The smallest absolute Gasteiger partial charge is 0.274 e. The maximum atomic E-state index is 15.0. The molecule has 3 aromatic rings. The Balaban J connectivity index is 1.18. The normalized spacial score (nSPS) is 26.1. The molecular formula is C43H41FN4O15. The number of morpholine rings is 1. The van der Waals surface area contributed by atoms with Gasteiger partial charge in [0.1, 0.15) is 34.8 Å². The third-order valence-electron chi connectivity index (χ3n) is 11.9. The van der Waals surface area contributed by atoms with Crippen LogP contribution in [-0.4, -0.2) is 137 Å². The minimum atomic E-state index is -2.38. The number of aliphatic hydroxyl groups is 2. The Morgan fingerprint density at radius 2 is 1.73 bits per heavy atom. The lowest BCUT2D eigenvalue weighted by atomic mass is 9.71. The summed E-state index contributed by atoms with van der Waals surface area (Å²) in [5.41, 5.74) is -3.59. The van der Waals surface area contributed by atoms with Gasteiger partial charge in [-0.3, -0.25) is 33.7 Å². The number of benzene rings is 3. The van der Waals surface area contributed by atoms with Crippen molar-refractivity contribution in [2.75, 3.05) is 45.4 Å². The van der Waals surface area contributed by atoms with E-state index < -0.39 is 125 Å². The summed E-state index contributed by atoms with van der Waals surface area (Å²) in [5, 5.41) is 51.1. The SMILES string of the molecule is COc1cccc2c1C(=O)c1c(O)c3c(c(O)c1C2=O)C[C@@](O)(/C(CO)=N/NC(=O)c1cc(N2C(=O)C=CC2=O)ccc1F)C[C@@H]3O[C@H]1CC(N2CCO[C@@H](OC)C2)C(=O)[C@H](C)O1. The number of nitrogens with one attached hydrogen (secondary N) is 1. The number of hydrogen-bond donors (Lipinski definition) is 5. The molecule has 3 aliphatic heterocycles. The molecule has 0 radical (unpaired) electrons. The number of methoxy groups -OCH3 is 2. The highest BCUT2D eigenvalue weighted by Gasteiger charge is 2.50. The number of Topliss-reactive ketones (excluding diaryl/α,β-unsaturated/α-hetero) is 1. The van der Waals surface area contributed by atoms with Crippen molar-refractivity contribution in [3.63, 3.8) is 0 Å². The number of nitrogens with zero attached hydrogens (tertiary/aromatic N) is 3. The van der Waals surface area contributed by atoms with Crippen molar-refractivity contribution in [1.29, 1.82) is 0 Å². The Bertz CT molecular complexity index is 2520. The highest BCUT2D eigenvalue weighted by Crippen LogP contribution is 2.52. The Morgan fingerprint density at radius 3 is 2.43 bits per heavy atom. The number of ketones is 3. The van der Waals surface area contributed by atoms with Crippen LogP contribution in [0.3, 0.4) is 0 Å². The van der Waals surface area contributed by atoms with Crippen LogP contribution in [0.5, 0.6) is 17.2 Å². The van der Waals surface area contributed by atoms with Crippen LogP contribution in [0, 0.1) is 5.82 Å². The second-order valence-electron chi connectivity index (χ2n) is 15.5. The molecule has 3 heterocycles. The van der Waals surface area contributed by atoms with Crippen molar-refractivity contribution < 1.29 is 77.3 Å². The zero-order chi connectivity index (χ0) is 45.1. The highest BCUT2D eigenvalue weighted by atomic mass is 19.1. The van der Waals surface area contributed by atoms with Crippen molar-refractivity contribution in [2.24, 2.45) is 5.10 Å². The molecule has 2 aliphatic carbocycles. The van der Waals surface area contributed by atoms with Gasteiger partial charge in [0.25, 0.3) is 17.7 Å². The number of fused-ring (bicyclic) bond motifs is 3. The van der Waals surface area contributed by atoms with E-state index >= 15 is 4.39 Å². The van der Waals surface area contributed by atoms with Crippen LogP contribution >= 0.6 is 0 Å². The molecule has 1 unspecified atom stereocenters. The van der Waals surface area contributed by atoms with Crippen molar-refractivity contribution in [3.05, 3.63) is 93.3 Å². The van der Waals surface area contributed by atoms with Gasteiger partial charge in [0.05, 0.1) is 72.7 Å². The molecule has 19 nitrogen and oxygen atoms in total. The molecule has 0 bridgehead atoms. The van der Waals surface area contributed by atoms with Crippen LogP contribution in [0.15, 0.2) is 53.7 Å². The number of phenols is 2. The van der Waals surface area contributed by atoms with Crippen LogP contribution in [0.4, 0.5) is 10.1 Å². The quantitative estimate of drug-likeness (QED) is 0.0652. The van der Waals surface area contributed by atoms with Gasteiger partial charge < -0.3 is 44.1 Å². The van der Waals surface area contributed by atoms with Gasteiger partial charge in [-0.15, -0.1) is 0 Å². The molecule has 0 aromatic heterocycles. The number of amides is 3. The first-order valence-corrected chi connectivity index (χ1v) is 19.8. The molecule has 63 heavy (non-hydrogen) atoms. The van der Waals surface area contributed by atoms with Gasteiger partial charge in [-0.2, -0.15) is 5.10 Å². The van der Waals surface area contributed by atoms with Crippen LogP contribution < -0.4 is 15.1 Å². The molecule has 5 aliphatic rings. The standard InChI is InChI=1S/C43H41FN4O15/c1-19-37(52)25(47-11-12-61-32(17-47)60-3)14-31(62-19)63-27-16-43(58,28(18-49)45-46-42(57)22-13-20(7-8-24(22)44)48-29(50)9-10-30(48)51)15-23-34(27)41(56)36-35(39(23)54)38(53)21-5-4-6-26(59-2)33(21)40(36)55/h4-10,13,19,25,27,31-32,49,54,56,58H,11-12,14-18H2,1-3H3,(H,46,57)/b45-28+/t19-,25?,27-,31-,32+,43-/m0/s1. The monoisotopic (exact) mass is 872 g/mol. The van der Waals surface area contributed by atoms with E-state index in [0.717, 1.165) is 30.4 Å². The van der Waals surface area contributed by atoms with Gasteiger partial charge in [-0.25, -0.2) is 14.7 Å². The van der Waals surface area contributed by atoms with E-state index in [1.54, 1.807) is 0 Å². The molecule has 2 saturated heterocycles. The third kappa shape index (κ3) is 7.48. The number of phenolic OH excluding ortho intramolecular Hbond substituents is 2. The van der Waals surface area contributed by atoms with Crippen LogP contribution in [0.25, 0.3) is 0 Å². The first kappa shape index (κ1) is 43.4. The van der Waals surface area contributed by atoms with Gasteiger partial charge in [-0.05, 0) is 31.2 Å². The third-order valence-corrected chi connectivity index (χ3v) is 11.9. The number of rotatable bonds is 10. The summed E-state index contributed by atoms with van der Waals surface area (Å²) in [6.07, 6.45) is -3.78. The topological polar surface area (TPSA) is 260 Å². The van der Waals surface area contributed by atoms with Gasteiger partial charge in [0.2, 0.25) is 5.78 Å². The summed E-state index contributed by atoms with van der Waals surface area (Å²) < 4.78 is 43.8. The summed E-state index contributed by atoms with van der Waals surface area (Å²) >= 11 is 0. The lowest BCUT2D eigenvalue weighted by Gasteiger charge is -2.44. The zero-order valence-corrected chi connectivity index (χ0v) is 34.0. The van der Waals surface area contributed by atoms with Gasteiger partial charge >= 0.3 is 0 Å². The number of carbonyl (C=O) groups is 6. The zero-order valence-electron chi connectivity index (χ0n) is 34.0. The second kappa shape index (κ2) is 16.8. The number of hydrazone groups is 1. The maximum Gasteiger partial charge on any atom is 0.274 e. The molecule has 0 saturated carbocycles. The molecular weight excluding hydrogens is 831 g/mol. The Hall–Kier alpha value is -6.26. The Morgan fingerprint density at radius 1 is 1.00 bits per heavy atom. The summed E-state index contributed by atoms with van der Waals surface area (Å²) in [6.45, 7) is 1.33. The van der Waals surface area contributed by atoms with E-state index in [4.69, 9.17) is 23.7 Å². The minimum Gasteiger partial charge on any atom is -0.507 e. The van der Waals surface area contributed by atoms with E-state index in [0.29, 0.717) is 11.4 Å². The summed E-state index contributed by atoms with van der Waals surface area (Å²) in [7, 11) is 2.76. The summed E-state index contributed by atoms with van der Waals surface area (Å²) in [4.78, 5) is 82.3. The maximum absolute atomic E-state index is 15.0. The molecule has 6 atom stereocenters. The van der Waals surface area contributed by atoms with Crippen molar-refractivity contribution in [1.82, 2.24) is 10.3 Å². The fourth-order valence-corrected chi connectivity index (χ4v) is 8.78. The second-order valence-corrected chi connectivity index (χ2v) is 15.5. The first-order valence-electron chi connectivity index (χ1n) is 19.8. The van der Waals surface area contributed by atoms with Crippen molar-refractivity contribution >= 4 is 46.5 Å². The lowest BCUT2D eigenvalue weighted by molar-refractivity contribution is -0.233. The van der Waals surface area contributed by atoms with Crippen LogP contribution in [-0.2, 0) is 39.8 Å². The average Bonchev–Trinajstić information content (AvgIpc) is 3.61. The van der Waals surface area contributed by atoms with Crippen molar-refractivity contribution in [3.8, 4) is 17.2 Å². The largest absolute Gasteiger partial charge is 0.507 e. The van der Waals surface area contributed by atoms with Crippen LogP contribution in [0.2, 0.25) is 0 Å². The van der Waals surface area contributed by atoms with Gasteiger partial charge in [0.15, 0.2) is 24.1 Å². The molecule has 3 amide bonds. The minimum absolute atomic E-state index is 0.0295. The Labute approximate surface area is 357 Å². The Kier molecular flexibility index (Phi) is 11.6. The van der Waals surface area contributed by atoms with E-state index in [1.165, 1.54) is 39.3 Å². The molecule has 2 fully saturated rings. The van der Waals surface area contributed by atoms with Gasteiger partial charge in [0, 0.05) is 61.8 Å². The number of hydrogen-bond acceptors (Lipinski definition) is 17. The molecule has 3 aromatic carbocycles. The lowest BCUT2D eigenvalue weighted by Crippen LogP contribution is -2.57. The summed E-state index contributed by atoms with van der Waals surface area (Å²) in [6, 6.07) is 6.39. The fourth-order valence-electron chi connectivity index (χ4n) is 8.78. The van der Waals surface area contributed by atoms with E-state index in [2.05, 4.69) is 10.5 Å². The number of carbonyl (C=O) groups excluding carboxylic acids is 6. The number of ether oxygens (including phenoxy) is 5. The van der Waals surface area contributed by atoms with Gasteiger partial charge in [-0.1, -0.05) is 12.1 Å². The average molecular weight is 873 g/mol. The molecule has 8 rings (SSSR count). The van der Waals surface area contributed by atoms with E-state index in [-0.39, 0.29) is 59.0 Å². The highest BCUT2D eigenvalue weighted by molar-refractivity contribution is 6.31. The predicted octanol–water partition coefficient (Wildman–Crippen LogP) is 1.34. The number of aliphatic hydroxyl groups excluding tert-OH is 1. The van der Waals surface area contributed by atoms with E-state index in [9.17, 15) is 49.2 Å². The van der Waals surface area contributed by atoms with E-state index in [1.807, 2.05) is 4.90 Å². The number of imide groups is 1. The molecule has 330 valence electrons. The number of aromatic hydroxyl groups is 2. The molecule has 0 spiro atoms. The van der Waals surface area contributed by atoms with Crippen LogP contribution in [0.1, 0.15) is 79.2 Å². The molecule has 20 heteroatoms. The van der Waals surface area contributed by atoms with Crippen molar-refractivity contribution in [2.45, 2.75) is 62.6 Å². The summed E-state index contributed by atoms with van der Waals surface area (Å²) in [5.74, 6) is -7.24. The fraction of sp³-hybridized carbons (Fsp3) is 0.372. The predicted molar refractivity (Wildman–Crippen MR) is 213 cm³/mol. The number of anilines is 1. The first-order chi connectivity index (χ1) is 30.1.